The van der Waals surface area contributed by atoms with Gasteiger partial charge in [-0.1, -0.05) is 0 Å². The zero-order valence-corrected chi connectivity index (χ0v) is 10.7. The Labute approximate surface area is 110 Å². The van der Waals surface area contributed by atoms with Crippen LogP contribution in [0.1, 0.15) is 23.7 Å². The molecule has 0 aliphatic carbocycles. The Morgan fingerprint density at radius 3 is 2.58 bits per heavy atom. The standard InChI is InChI=1S/C12H18N2O5/c1-12(7-15,8-16)14-10(17)2-4-13-11(18)9-3-5-19-6-9/h3,5-6,15-16H,2,4,7-8H2,1H3,(H,13,18)(H,14,17). The van der Waals surface area contributed by atoms with E-state index in [1.807, 2.05) is 0 Å². The van der Waals surface area contributed by atoms with Gasteiger partial charge in [-0.25, -0.2) is 0 Å². The van der Waals surface area contributed by atoms with Crippen molar-refractivity contribution in [1.29, 1.82) is 0 Å². The van der Waals surface area contributed by atoms with E-state index in [9.17, 15) is 9.59 Å². The molecule has 0 bridgehead atoms. The van der Waals surface area contributed by atoms with Crippen LogP contribution >= 0.6 is 0 Å². The second kappa shape index (κ2) is 6.91. The first-order valence-electron chi connectivity index (χ1n) is 5.84. The second-order valence-corrected chi connectivity index (χ2v) is 4.44. The van der Waals surface area contributed by atoms with Crippen LogP contribution < -0.4 is 10.6 Å². The van der Waals surface area contributed by atoms with E-state index in [2.05, 4.69) is 10.6 Å². The molecule has 0 fully saturated rings. The zero-order valence-electron chi connectivity index (χ0n) is 10.7. The third-order valence-electron chi connectivity index (χ3n) is 2.56. The molecule has 0 unspecified atom stereocenters. The van der Waals surface area contributed by atoms with Crippen molar-refractivity contribution in [1.82, 2.24) is 10.6 Å². The van der Waals surface area contributed by atoms with Gasteiger partial charge in [0.15, 0.2) is 0 Å². The summed E-state index contributed by atoms with van der Waals surface area (Å²) in [5.41, 5.74) is -0.665. The fourth-order valence-corrected chi connectivity index (χ4v) is 1.31. The van der Waals surface area contributed by atoms with Crippen LogP contribution in [-0.2, 0) is 4.79 Å². The number of furan rings is 1. The number of aliphatic hydroxyl groups is 2. The Morgan fingerprint density at radius 2 is 2.05 bits per heavy atom. The van der Waals surface area contributed by atoms with Gasteiger partial charge in [-0.05, 0) is 13.0 Å². The first-order chi connectivity index (χ1) is 9.00. The molecule has 7 nitrogen and oxygen atoms in total. The Balaban J connectivity index is 2.29. The fraction of sp³-hybridized carbons (Fsp3) is 0.500. The maximum Gasteiger partial charge on any atom is 0.254 e. The van der Waals surface area contributed by atoms with Gasteiger partial charge in [0, 0.05) is 13.0 Å². The highest BCUT2D eigenvalue weighted by Gasteiger charge is 2.24. The van der Waals surface area contributed by atoms with E-state index in [1.54, 1.807) is 0 Å². The van der Waals surface area contributed by atoms with Gasteiger partial charge in [0.2, 0.25) is 5.91 Å². The Hall–Kier alpha value is -1.86. The molecule has 19 heavy (non-hydrogen) atoms. The molecule has 106 valence electrons. The average Bonchev–Trinajstić information content (AvgIpc) is 2.92. The number of rotatable bonds is 7. The summed E-state index contributed by atoms with van der Waals surface area (Å²) in [5, 5.41) is 23.1. The molecule has 1 aromatic heterocycles. The fourth-order valence-electron chi connectivity index (χ4n) is 1.31. The molecule has 0 atom stereocenters. The first kappa shape index (κ1) is 15.2. The molecular weight excluding hydrogens is 252 g/mol. The molecule has 0 aliphatic heterocycles. The van der Waals surface area contributed by atoms with Crippen LogP contribution in [0, 0.1) is 0 Å². The lowest BCUT2D eigenvalue weighted by Gasteiger charge is -2.26. The third kappa shape index (κ3) is 4.72. The number of hydrogen-bond acceptors (Lipinski definition) is 5. The molecule has 0 radical (unpaired) electrons. The lowest BCUT2D eigenvalue weighted by molar-refractivity contribution is -0.123. The zero-order chi connectivity index (χ0) is 14.3. The number of carbonyl (C=O) groups excluding carboxylic acids is 2. The Kier molecular flexibility index (Phi) is 5.53. The molecule has 7 heteroatoms. The summed E-state index contributed by atoms with van der Waals surface area (Å²) >= 11 is 0. The predicted octanol–water partition coefficient (Wildman–Crippen LogP) is -0.741. The minimum atomic E-state index is -1.05. The molecule has 1 rings (SSSR count). The summed E-state index contributed by atoms with van der Waals surface area (Å²) in [6.07, 6.45) is 2.75. The molecule has 2 amide bonds. The third-order valence-corrected chi connectivity index (χ3v) is 2.56. The molecular formula is C12H18N2O5. The summed E-state index contributed by atoms with van der Waals surface area (Å²) in [6, 6.07) is 1.52. The number of nitrogens with one attached hydrogen (secondary N) is 2. The van der Waals surface area contributed by atoms with Crippen LogP contribution in [0.2, 0.25) is 0 Å². The van der Waals surface area contributed by atoms with Gasteiger partial charge in [-0.15, -0.1) is 0 Å². The number of amides is 2. The predicted molar refractivity (Wildman–Crippen MR) is 66.4 cm³/mol. The number of hydrogen-bond donors (Lipinski definition) is 4. The summed E-state index contributed by atoms with van der Waals surface area (Å²) in [6.45, 7) is 0.949. The van der Waals surface area contributed by atoms with Crippen LogP contribution in [0.25, 0.3) is 0 Å². The van der Waals surface area contributed by atoms with Gasteiger partial charge >= 0.3 is 0 Å². The van der Waals surface area contributed by atoms with Crippen LogP contribution in [0.4, 0.5) is 0 Å². The van der Waals surface area contributed by atoms with Gasteiger partial charge in [0.05, 0.1) is 30.6 Å². The van der Waals surface area contributed by atoms with Gasteiger partial charge in [0.25, 0.3) is 5.91 Å². The molecule has 1 heterocycles. The highest BCUT2D eigenvalue weighted by atomic mass is 16.3. The van der Waals surface area contributed by atoms with E-state index in [4.69, 9.17) is 14.6 Å². The normalized spacial score (nSPS) is 11.1. The van der Waals surface area contributed by atoms with Crippen molar-refractivity contribution in [3.63, 3.8) is 0 Å². The minimum Gasteiger partial charge on any atom is -0.472 e. The van der Waals surface area contributed by atoms with Crippen molar-refractivity contribution in [3.05, 3.63) is 24.2 Å². The van der Waals surface area contributed by atoms with Gasteiger partial charge in [0.1, 0.15) is 6.26 Å². The SMILES string of the molecule is CC(CO)(CO)NC(=O)CCNC(=O)c1ccoc1. The maximum atomic E-state index is 11.5. The van der Waals surface area contributed by atoms with Crippen LogP contribution in [-0.4, -0.2) is 47.3 Å². The average molecular weight is 270 g/mol. The van der Waals surface area contributed by atoms with Crippen LogP contribution in [0.3, 0.4) is 0 Å². The van der Waals surface area contributed by atoms with E-state index < -0.39 is 5.54 Å². The van der Waals surface area contributed by atoms with Gasteiger partial charge in [-0.3, -0.25) is 9.59 Å². The smallest absolute Gasteiger partial charge is 0.254 e. The molecule has 4 N–H and O–H groups in total. The minimum absolute atomic E-state index is 0.0547. The highest BCUT2D eigenvalue weighted by Crippen LogP contribution is 2.01. The monoisotopic (exact) mass is 270 g/mol. The molecule has 0 saturated carbocycles. The summed E-state index contributed by atoms with van der Waals surface area (Å²) < 4.78 is 4.76. The molecule has 0 spiro atoms. The van der Waals surface area contributed by atoms with E-state index in [0.717, 1.165) is 0 Å². The van der Waals surface area contributed by atoms with Crippen molar-refractivity contribution >= 4 is 11.8 Å². The van der Waals surface area contributed by atoms with E-state index in [1.165, 1.54) is 25.5 Å². The van der Waals surface area contributed by atoms with Crippen molar-refractivity contribution in [2.24, 2.45) is 0 Å². The molecule has 0 aliphatic rings. The number of carbonyl (C=O) groups is 2. The van der Waals surface area contributed by atoms with Crippen molar-refractivity contribution in [3.8, 4) is 0 Å². The summed E-state index contributed by atoms with van der Waals surface area (Å²) in [4.78, 5) is 23.0. The largest absolute Gasteiger partial charge is 0.472 e. The molecule has 0 saturated heterocycles. The summed E-state index contributed by atoms with van der Waals surface area (Å²) in [7, 11) is 0. The van der Waals surface area contributed by atoms with Gasteiger partial charge < -0.3 is 25.3 Å². The first-order valence-corrected chi connectivity index (χ1v) is 5.84. The van der Waals surface area contributed by atoms with Crippen LogP contribution in [0.5, 0.6) is 0 Å². The maximum absolute atomic E-state index is 11.5. The Morgan fingerprint density at radius 1 is 1.37 bits per heavy atom. The van der Waals surface area contributed by atoms with E-state index >= 15 is 0 Å². The van der Waals surface area contributed by atoms with Crippen molar-refractivity contribution in [2.45, 2.75) is 18.9 Å². The topological polar surface area (TPSA) is 112 Å². The van der Waals surface area contributed by atoms with E-state index in [0.29, 0.717) is 5.56 Å². The quantitative estimate of drug-likeness (QED) is 0.521. The van der Waals surface area contributed by atoms with Crippen molar-refractivity contribution in [2.75, 3.05) is 19.8 Å². The highest BCUT2D eigenvalue weighted by molar-refractivity contribution is 5.94. The summed E-state index contributed by atoms with van der Waals surface area (Å²) in [5.74, 6) is -0.688. The number of aliphatic hydroxyl groups excluding tert-OH is 2. The molecule has 1 aromatic rings. The Bertz CT molecular complexity index is 412. The van der Waals surface area contributed by atoms with Crippen LogP contribution in [0.15, 0.2) is 23.0 Å². The van der Waals surface area contributed by atoms with Crippen molar-refractivity contribution < 1.29 is 24.2 Å². The second-order valence-electron chi connectivity index (χ2n) is 4.44. The lowest BCUT2D eigenvalue weighted by atomic mass is 10.1. The lowest BCUT2D eigenvalue weighted by Crippen LogP contribution is -2.52. The van der Waals surface area contributed by atoms with E-state index in [-0.39, 0.29) is 38.0 Å². The molecule has 0 aromatic carbocycles. The van der Waals surface area contributed by atoms with Gasteiger partial charge in [-0.2, -0.15) is 0 Å².